The molecule has 0 radical (unpaired) electrons. The molecule has 0 aromatic heterocycles. The van der Waals surface area contributed by atoms with E-state index in [1.165, 1.54) is 13.0 Å². The van der Waals surface area contributed by atoms with Crippen molar-refractivity contribution >= 4 is 51.4 Å². The van der Waals surface area contributed by atoms with Gasteiger partial charge in [0.1, 0.15) is 11.7 Å². The second-order valence-electron chi connectivity index (χ2n) is 5.60. The first-order chi connectivity index (χ1) is 12.8. The normalized spacial score (nSPS) is 12.2. The van der Waals surface area contributed by atoms with Gasteiger partial charge in [0.05, 0.1) is 0 Å². The SMILES string of the molecule is CC(NC(=O)/C(=C\c1ccc(Cl)cc1)NC(=O)c1ccc(Br)cc1)C(=O)O. The number of rotatable bonds is 6. The van der Waals surface area contributed by atoms with Crippen LogP contribution in [0.2, 0.25) is 5.02 Å². The number of nitrogens with one attached hydrogen (secondary N) is 2. The van der Waals surface area contributed by atoms with E-state index in [-0.39, 0.29) is 5.70 Å². The smallest absolute Gasteiger partial charge is 0.325 e. The van der Waals surface area contributed by atoms with Crippen LogP contribution in [0.3, 0.4) is 0 Å². The van der Waals surface area contributed by atoms with E-state index in [9.17, 15) is 14.4 Å². The Kier molecular flexibility index (Phi) is 7.15. The van der Waals surface area contributed by atoms with E-state index in [0.717, 1.165) is 4.47 Å². The second kappa shape index (κ2) is 9.34. The summed E-state index contributed by atoms with van der Waals surface area (Å²) in [6, 6.07) is 12.1. The van der Waals surface area contributed by atoms with Gasteiger partial charge in [0.25, 0.3) is 11.8 Å². The molecule has 0 aliphatic rings. The summed E-state index contributed by atoms with van der Waals surface area (Å²) in [5.41, 5.74) is 0.876. The number of carbonyl (C=O) groups excluding carboxylic acids is 2. The van der Waals surface area contributed by atoms with Gasteiger partial charge < -0.3 is 15.7 Å². The van der Waals surface area contributed by atoms with Crippen LogP contribution in [0.4, 0.5) is 0 Å². The molecule has 1 unspecified atom stereocenters. The van der Waals surface area contributed by atoms with Crippen molar-refractivity contribution in [1.29, 1.82) is 0 Å². The fraction of sp³-hybridized carbons (Fsp3) is 0.105. The average molecular weight is 452 g/mol. The molecular formula is C19H16BrClN2O4. The fourth-order valence-electron chi connectivity index (χ4n) is 2.02. The number of amides is 2. The molecule has 0 aliphatic carbocycles. The number of hydrogen-bond acceptors (Lipinski definition) is 3. The van der Waals surface area contributed by atoms with Gasteiger partial charge in [-0.05, 0) is 55.0 Å². The minimum Gasteiger partial charge on any atom is -0.480 e. The molecule has 140 valence electrons. The molecule has 0 aliphatic heterocycles. The third-order valence-corrected chi connectivity index (χ3v) is 4.28. The second-order valence-corrected chi connectivity index (χ2v) is 6.96. The van der Waals surface area contributed by atoms with E-state index in [4.69, 9.17) is 16.7 Å². The van der Waals surface area contributed by atoms with Gasteiger partial charge in [-0.1, -0.05) is 39.7 Å². The average Bonchev–Trinajstić information content (AvgIpc) is 2.63. The van der Waals surface area contributed by atoms with E-state index in [1.807, 2.05) is 0 Å². The van der Waals surface area contributed by atoms with Crippen LogP contribution >= 0.6 is 27.5 Å². The lowest BCUT2D eigenvalue weighted by Crippen LogP contribution is -2.42. The summed E-state index contributed by atoms with van der Waals surface area (Å²) in [6.07, 6.45) is 1.44. The third-order valence-electron chi connectivity index (χ3n) is 3.50. The van der Waals surface area contributed by atoms with Gasteiger partial charge in [-0.2, -0.15) is 0 Å². The van der Waals surface area contributed by atoms with Crippen molar-refractivity contribution < 1.29 is 19.5 Å². The minimum absolute atomic E-state index is 0.0849. The van der Waals surface area contributed by atoms with Crippen LogP contribution in [0.1, 0.15) is 22.8 Å². The van der Waals surface area contributed by atoms with E-state index >= 15 is 0 Å². The summed E-state index contributed by atoms with van der Waals surface area (Å²) < 4.78 is 0.809. The molecule has 0 saturated carbocycles. The van der Waals surface area contributed by atoms with Crippen LogP contribution in [0.5, 0.6) is 0 Å². The topological polar surface area (TPSA) is 95.5 Å². The highest BCUT2D eigenvalue weighted by Gasteiger charge is 2.19. The first kappa shape index (κ1) is 20.7. The number of carboxylic acids is 1. The quantitative estimate of drug-likeness (QED) is 0.586. The number of carbonyl (C=O) groups is 3. The van der Waals surface area contributed by atoms with Crippen molar-refractivity contribution in [3.63, 3.8) is 0 Å². The monoisotopic (exact) mass is 450 g/mol. The first-order valence-electron chi connectivity index (χ1n) is 7.84. The van der Waals surface area contributed by atoms with E-state index in [0.29, 0.717) is 16.1 Å². The number of aliphatic carboxylic acids is 1. The molecule has 2 amide bonds. The highest BCUT2D eigenvalue weighted by molar-refractivity contribution is 9.10. The van der Waals surface area contributed by atoms with Gasteiger partial charge in [0.2, 0.25) is 0 Å². The summed E-state index contributed by atoms with van der Waals surface area (Å²) >= 11 is 9.14. The molecule has 0 fully saturated rings. The van der Waals surface area contributed by atoms with Crippen molar-refractivity contribution in [1.82, 2.24) is 10.6 Å². The van der Waals surface area contributed by atoms with Crippen LogP contribution in [0.25, 0.3) is 6.08 Å². The fourth-order valence-corrected chi connectivity index (χ4v) is 2.41. The maximum atomic E-state index is 12.5. The summed E-state index contributed by atoms with van der Waals surface area (Å²) in [7, 11) is 0. The standard InChI is InChI=1S/C19H16BrClN2O4/c1-11(19(26)27)22-18(25)16(10-12-2-8-15(21)9-3-12)23-17(24)13-4-6-14(20)7-5-13/h2-11H,1H3,(H,22,25)(H,23,24)(H,26,27)/b16-10+. The Morgan fingerprint density at radius 3 is 2.22 bits per heavy atom. The zero-order chi connectivity index (χ0) is 20.0. The molecule has 0 spiro atoms. The lowest BCUT2D eigenvalue weighted by atomic mass is 10.1. The van der Waals surface area contributed by atoms with Crippen LogP contribution in [0.15, 0.2) is 58.7 Å². The van der Waals surface area contributed by atoms with Crippen LogP contribution in [-0.4, -0.2) is 28.9 Å². The van der Waals surface area contributed by atoms with Crippen molar-refractivity contribution in [2.75, 3.05) is 0 Å². The molecule has 2 aromatic carbocycles. The Balaban J connectivity index is 2.29. The number of benzene rings is 2. The summed E-state index contributed by atoms with van der Waals surface area (Å²) in [6.45, 7) is 1.33. The third kappa shape index (κ3) is 6.23. The summed E-state index contributed by atoms with van der Waals surface area (Å²) in [5, 5.41) is 14.4. The zero-order valence-corrected chi connectivity index (χ0v) is 16.5. The molecular weight excluding hydrogens is 436 g/mol. The molecule has 8 heteroatoms. The van der Waals surface area contributed by atoms with Gasteiger partial charge in [0.15, 0.2) is 0 Å². The Morgan fingerprint density at radius 1 is 1.07 bits per heavy atom. The van der Waals surface area contributed by atoms with Gasteiger partial charge >= 0.3 is 5.97 Å². The maximum absolute atomic E-state index is 12.5. The zero-order valence-electron chi connectivity index (χ0n) is 14.2. The Hall–Kier alpha value is -2.64. The summed E-state index contributed by atoms with van der Waals surface area (Å²) in [5.74, 6) is -2.40. The van der Waals surface area contributed by atoms with Crippen LogP contribution in [0, 0.1) is 0 Å². The van der Waals surface area contributed by atoms with Crippen molar-refractivity contribution in [3.05, 3.63) is 74.9 Å². The highest BCUT2D eigenvalue weighted by atomic mass is 79.9. The number of halogens is 2. The molecule has 2 rings (SSSR count). The molecule has 2 aromatic rings. The number of hydrogen-bond donors (Lipinski definition) is 3. The van der Waals surface area contributed by atoms with Crippen molar-refractivity contribution in [3.8, 4) is 0 Å². The highest BCUT2D eigenvalue weighted by Crippen LogP contribution is 2.14. The minimum atomic E-state index is -1.19. The maximum Gasteiger partial charge on any atom is 0.325 e. The predicted molar refractivity (Wildman–Crippen MR) is 106 cm³/mol. The van der Waals surface area contributed by atoms with Crippen LogP contribution < -0.4 is 10.6 Å². The molecule has 27 heavy (non-hydrogen) atoms. The van der Waals surface area contributed by atoms with E-state index < -0.39 is 23.8 Å². The predicted octanol–water partition coefficient (Wildman–Crippen LogP) is 3.46. The molecule has 0 saturated heterocycles. The van der Waals surface area contributed by atoms with E-state index in [2.05, 4.69) is 26.6 Å². The molecule has 1 atom stereocenters. The molecule has 3 N–H and O–H groups in total. The number of carboxylic acid groups (broad SMARTS) is 1. The Morgan fingerprint density at radius 2 is 1.67 bits per heavy atom. The lowest BCUT2D eigenvalue weighted by Gasteiger charge is -2.13. The molecule has 0 heterocycles. The van der Waals surface area contributed by atoms with Gasteiger partial charge in [-0.3, -0.25) is 14.4 Å². The van der Waals surface area contributed by atoms with Gasteiger partial charge in [-0.15, -0.1) is 0 Å². The van der Waals surface area contributed by atoms with Crippen molar-refractivity contribution in [2.24, 2.45) is 0 Å². The largest absolute Gasteiger partial charge is 0.480 e. The molecule has 6 nitrogen and oxygen atoms in total. The van der Waals surface area contributed by atoms with Gasteiger partial charge in [0, 0.05) is 15.1 Å². The van der Waals surface area contributed by atoms with E-state index in [1.54, 1.807) is 48.5 Å². The van der Waals surface area contributed by atoms with Gasteiger partial charge in [-0.25, -0.2) is 0 Å². The molecule has 0 bridgehead atoms. The Bertz CT molecular complexity index is 880. The Labute approximate surface area is 169 Å². The van der Waals surface area contributed by atoms with Crippen LogP contribution in [-0.2, 0) is 9.59 Å². The first-order valence-corrected chi connectivity index (χ1v) is 9.01. The summed E-state index contributed by atoms with van der Waals surface area (Å²) in [4.78, 5) is 35.9. The lowest BCUT2D eigenvalue weighted by molar-refractivity contribution is -0.140. The van der Waals surface area contributed by atoms with Crippen molar-refractivity contribution in [2.45, 2.75) is 13.0 Å².